The highest BCUT2D eigenvalue weighted by molar-refractivity contribution is 5.59. The lowest BCUT2D eigenvalue weighted by Gasteiger charge is -2.11. The van der Waals surface area contributed by atoms with Gasteiger partial charge in [-0.25, -0.2) is 13.8 Å². The zero-order chi connectivity index (χ0) is 15.2. The summed E-state index contributed by atoms with van der Waals surface area (Å²) in [5.74, 6) is -1.33. The Morgan fingerprint density at radius 1 is 1.00 bits per heavy atom. The van der Waals surface area contributed by atoms with Gasteiger partial charge in [-0.05, 0) is 30.5 Å². The van der Waals surface area contributed by atoms with E-state index in [1.54, 1.807) is 0 Å². The molecule has 0 amide bonds. The van der Waals surface area contributed by atoms with E-state index >= 15 is 0 Å². The van der Waals surface area contributed by atoms with Crippen molar-refractivity contribution in [2.75, 3.05) is 17.2 Å². The molecule has 3 nitrogen and oxygen atoms in total. The summed E-state index contributed by atoms with van der Waals surface area (Å²) in [6.45, 7) is 4.61. The van der Waals surface area contributed by atoms with Crippen molar-refractivity contribution < 1.29 is 8.78 Å². The maximum atomic E-state index is 13.8. The van der Waals surface area contributed by atoms with Gasteiger partial charge in [0.05, 0.1) is 0 Å². The van der Waals surface area contributed by atoms with Crippen LogP contribution in [0.4, 0.5) is 26.1 Å². The van der Waals surface area contributed by atoms with Crippen molar-refractivity contribution in [3.05, 3.63) is 47.5 Å². The smallest absolute Gasteiger partial charge is 0.169 e. The van der Waals surface area contributed by atoms with E-state index in [1.807, 2.05) is 31.2 Å². The lowest BCUT2D eigenvalue weighted by atomic mass is 10.1. The molecule has 0 saturated carbocycles. The zero-order valence-electron chi connectivity index (χ0n) is 12.2. The molecule has 1 heterocycles. The molecule has 112 valence electrons. The monoisotopic (exact) mass is 291 g/mol. The van der Waals surface area contributed by atoms with Crippen LogP contribution in [0.2, 0.25) is 0 Å². The SMILES string of the molecule is CCCNc1nc(Nc2ccc(CC)cc2)c(F)cc1F. The van der Waals surface area contributed by atoms with Gasteiger partial charge in [-0.1, -0.05) is 26.0 Å². The van der Waals surface area contributed by atoms with Crippen molar-refractivity contribution in [1.29, 1.82) is 0 Å². The van der Waals surface area contributed by atoms with Gasteiger partial charge >= 0.3 is 0 Å². The van der Waals surface area contributed by atoms with Crippen LogP contribution in [0.1, 0.15) is 25.8 Å². The Labute approximate surface area is 123 Å². The van der Waals surface area contributed by atoms with E-state index in [4.69, 9.17) is 0 Å². The summed E-state index contributed by atoms with van der Waals surface area (Å²) in [5.41, 5.74) is 1.91. The van der Waals surface area contributed by atoms with Crippen LogP contribution in [-0.2, 0) is 6.42 Å². The van der Waals surface area contributed by atoms with Crippen molar-refractivity contribution in [2.45, 2.75) is 26.7 Å². The van der Waals surface area contributed by atoms with E-state index in [2.05, 4.69) is 22.5 Å². The minimum absolute atomic E-state index is 0.0132. The fourth-order valence-corrected chi connectivity index (χ4v) is 1.88. The van der Waals surface area contributed by atoms with Crippen molar-refractivity contribution in [1.82, 2.24) is 4.98 Å². The Morgan fingerprint density at radius 2 is 1.67 bits per heavy atom. The van der Waals surface area contributed by atoms with E-state index in [0.29, 0.717) is 12.2 Å². The van der Waals surface area contributed by atoms with Crippen LogP contribution in [0.3, 0.4) is 0 Å². The Hall–Kier alpha value is -2.17. The average Bonchev–Trinajstić information content (AvgIpc) is 2.49. The normalized spacial score (nSPS) is 10.5. The maximum Gasteiger partial charge on any atom is 0.169 e. The number of nitrogens with one attached hydrogen (secondary N) is 2. The Balaban J connectivity index is 2.21. The Morgan fingerprint density at radius 3 is 2.29 bits per heavy atom. The van der Waals surface area contributed by atoms with Gasteiger partial charge in [0, 0.05) is 18.3 Å². The molecule has 0 radical (unpaired) electrons. The van der Waals surface area contributed by atoms with Crippen LogP contribution in [0.5, 0.6) is 0 Å². The second-order valence-corrected chi connectivity index (χ2v) is 4.75. The number of halogens is 2. The molecule has 0 saturated heterocycles. The highest BCUT2D eigenvalue weighted by Crippen LogP contribution is 2.22. The predicted molar refractivity (Wildman–Crippen MR) is 82.0 cm³/mol. The van der Waals surface area contributed by atoms with Gasteiger partial charge < -0.3 is 10.6 Å². The van der Waals surface area contributed by atoms with Crippen molar-refractivity contribution in [2.24, 2.45) is 0 Å². The molecule has 0 aliphatic heterocycles. The highest BCUT2D eigenvalue weighted by Gasteiger charge is 2.11. The molecule has 0 spiro atoms. The van der Waals surface area contributed by atoms with Crippen molar-refractivity contribution >= 4 is 17.3 Å². The van der Waals surface area contributed by atoms with Gasteiger partial charge in [0.15, 0.2) is 23.3 Å². The van der Waals surface area contributed by atoms with E-state index in [0.717, 1.165) is 18.9 Å². The molecule has 0 aliphatic rings. The Kier molecular flexibility index (Phi) is 5.09. The summed E-state index contributed by atoms with van der Waals surface area (Å²) in [5, 5.41) is 5.72. The molecule has 0 aliphatic carbocycles. The lowest BCUT2D eigenvalue weighted by molar-refractivity contribution is 0.579. The first-order valence-corrected chi connectivity index (χ1v) is 7.10. The fourth-order valence-electron chi connectivity index (χ4n) is 1.88. The minimum atomic E-state index is -0.714. The van der Waals surface area contributed by atoms with Crippen LogP contribution in [0, 0.1) is 11.6 Å². The van der Waals surface area contributed by atoms with Gasteiger partial charge in [-0.15, -0.1) is 0 Å². The number of aryl methyl sites for hydroxylation is 1. The van der Waals surface area contributed by atoms with Crippen LogP contribution >= 0.6 is 0 Å². The fraction of sp³-hybridized carbons (Fsp3) is 0.312. The second kappa shape index (κ2) is 7.02. The summed E-state index contributed by atoms with van der Waals surface area (Å²) < 4.78 is 27.4. The van der Waals surface area contributed by atoms with Crippen LogP contribution < -0.4 is 10.6 Å². The van der Waals surface area contributed by atoms with E-state index in [9.17, 15) is 8.78 Å². The third kappa shape index (κ3) is 3.90. The first-order valence-electron chi connectivity index (χ1n) is 7.10. The number of aromatic nitrogens is 1. The molecule has 1 aromatic heterocycles. The first-order chi connectivity index (χ1) is 10.1. The number of hydrogen-bond acceptors (Lipinski definition) is 3. The summed E-state index contributed by atoms with van der Waals surface area (Å²) >= 11 is 0. The molecular weight excluding hydrogens is 272 g/mol. The number of benzene rings is 1. The van der Waals surface area contributed by atoms with Gasteiger partial charge in [-0.2, -0.15) is 0 Å². The van der Waals surface area contributed by atoms with Gasteiger partial charge in [0.2, 0.25) is 0 Å². The molecule has 0 atom stereocenters. The first kappa shape index (κ1) is 15.2. The van der Waals surface area contributed by atoms with Gasteiger partial charge in [0.25, 0.3) is 0 Å². The molecule has 5 heteroatoms. The molecule has 0 fully saturated rings. The zero-order valence-corrected chi connectivity index (χ0v) is 12.2. The molecular formula is C16H19F2N3. The van der Waals surface area contributed by atoms with Crippen molar-refractivity contribution in [3.8, 4) is 0 Å². The van der Waals surface area contributed by atoms with E-state index in [-0.39, 0.29) is 11.6 Å². The predicted octanol–water partition coefficient (Wildman–Crippen LogP) is 4.49. The summed E-state index contributed by atoms with van der Waals surface area (Å²) in [4.78, 5) is 3.97. The third-order valence-electron chi connectivity index (χ3n) is 3.10. The second-order valence-electron chi connectivity index (χ2n) is 4.75. The summed E-state index contributed by atoms with van der Waals surface area (Å²) in [6.07, 6.45) is 1.77. The van der Waals surface area contributed by atoms with E-state index in [1.165, 1.54) is 5.56 Å². The van der Waals surface area contributed by atoms with Gasteiger partial charge in [0.1, 0.15) is 0 Å². The Bertz CT molecular complexity index is 597. The number of nitrogens with zero attached hydrogens (tertiary/aromatic N) is 1. The summed E-state index contributed by atoms with van der Waals surface area (Å²) in [6, 6.07) is 8.46. The van der Waals surface area contributed by atoms with Gasteiger partial charge in [-0.3, -0.25) is 0 Å². The van der Waals surface area contributed by atoms with E-state index < -0.39 is 11.6 Å². The minimum Gasteiger partial charge on any atom is -0.368 e. The lowest BCUT2D eigenvalue weighted by Crippen LogP contribution is -2.07. The van der Waals surface area contributed by atoms with Crippen LogP contribution in [0.25, 0.3) is 0 Å². The quantitative estimate of drug-likeness (QED) is 0.823. The molecule has 2 N–H and O–H groups in total. The number of hydrogen-bond donors (Lipinski definition) is 2. The third-order valence-corrected chi connectivity index (χ3v) is 3.10. The molecule has 1 aromatic carbocycles. The molecule has 21 heavy (non-hydrogen) atoms. The maximum absolute atomic E-state index is 13.8. The van der Waals surface area contributed by atoms with Crippen LogP contribution in [-0.4, -0.2) is 11.5 Å². The number of rotatable bonds is 6. The molecule has 2 aromatic rings. The molecule has 0 bridgehead atoms. The largest absolute Gasteiger partial charge is 0.368 e. The molecule has 2 rings (SSSR count). The van der Waals surface area contributed by atoms with Crippen molar-refractivity contribution in [3.63, 3.8) is 0 Å². The number of anilines is 3. The topological polar surface area (TPSA) is 37.0 Å². The number of pyridine rings is 1. The highest BCUT2D eigenvalue weighted by atomic mass is 19.1. The van der Waals surface area contributed by atoms with Crippen LogP contribution in [0.15, 0.2) is 30.3 Å². The standard InChI is InChI=1S/C16H19F2N3/c1-3-9-19-15-13(17)10-14(18)16(21-15)20-12-7-5-11(4-2)6-8-12/h5-8,10H,3-4,9H2,1-2H3,(H2,19,20,21). The summed E-state index contributed by atoms with van der Waals surface area (Å²) in [7, 11) is 0. The average molecular weight is 291 g/mol. The molecule has 0 unspecified atom stereocenters.